The summed E-state index contributed by atoms with van der Waals surface area (Å²) < 4.78 is 22.6. The van der Waals surface area contributed by atoms with Crippen LogP contribution in [0.4, 0.5) is 11.4 Å². The molecule has 3 aliphatic heterocycles. The second-order valence-corrected chi connectivity index (χ2v) is 7.32. The highest BCUT2D eigenvalue weighted by atomic mass is 16.7. The minimum Gasteiger partial charge on any atom is -0.486 e. The molecule has 2 saturated heterocycles. The van der Waals surface area contributed by atoms with Crippen LogP contribution in [0.25, 0.3) is 0 Å². The molecule has 0 saturated carbocycles. The lowest BCUT2D eigenvalue weighted by Crippen LogP contribution is -2.47. The van der Waals surface area contributed by atoms with Crippen LogP contribution in [0.1, 0.15) is 23.3 Å². The molecule has 152 valence electrons. The van der Waals surface area contributed by atoms with Crippen LogP contribution in [0.5, 0.6) is 11.5 Å². The summed E-state index contributed by atoms with van der Waals surface area (Å²) in [4.78, 5) is 18.9. The summed E-state index contributed by atoms with van der Waals surface area (Å²) in [7, 11) is 0. The molecule has 8 heteroatoms. The molecule has 1 amide bonds. The molecule has 1 N–H and O–H groups in total. The Labute approximate surface area is 168 Å². The fourth-order valence-electron chi connectivity index (χ4n) is 3.88. The number of aromatic nitrogens is 1. The number of nitrogens with zero attached hydrogens (tertiary/aromatic N) is 2. The summed E-state index contributed by atoms with van der Waals surface area (Å²) in [6, 6.07) is 9.29. The Morgan fingerprint density at radius 1 is 0.931 bits per heavy atom. The van der Waals surface area contributed by atoms with E-state index in [2.05, 4.69) is 10.3 Å². The SMILES string of the molecule is O=C(c1ccc(Nc2ccc3c(c2)OCCO3)cn1)N1CCC2(CC1)OCCO2. The highest BCUT2D eigenvalue weighted by Crippen LogP contribution is 2.34. The van der Waals surface area contributed by atoms with Crippen molar-refractivity contribution < 1.29 is 23.7 Å². The van der Waals surface area contributed by atoms with Gasteiger partial charge in [0, 0.05) is 37.7 Å². The second kappa shape index (κ2) is 7.53. The maximum Gasteiger partial charge on any atom is 0.272 e. The van der Waals surface area contributed by atoms with Gasteiger partial charge in [-0.3, -0.25) is 4.79 Å². The van der Waals surface area contributed by atoms with Crippen molar-refractivity contribution in [3.05, 3.63) is 42.2 Å². The van der Waals surface area contributed by atoms with Gasteiger partial charge in [0.2, 0.25) is 0 Å². The zero-order valence-corrected chi connectivity index (χ0v) is 16.1. The number of fused-ring (bicyclic) bond motifs is 1. The van der Waals surface area contributed by atoms with E-state index in [1.54, 1.807) is 12.3 Å². The quantitative estimate of drug-likeness (QED) is 0.852. The predicted molar refractivity (Wildman–Crippen MR) is 105 cm³/mol. The first kappa shape index (κ1) is 18.2. The molecular weight excluding hydrogens is 374 g/mol. The number of carbonyl (C=O) groups is 1. The molecule has 4 heterocycles. The number of ether oxygens (including phenoxy) is 4. The fraction of sp³-hybridized carbons (Fsp3) is 0.429. The maximum absolute atomic E-state index is 12.8. The number of pyridine rings is 1. The van der Waals surface area contributed by atoms with Crippen molar-refractivity contribution in [1.82, 2.24) is 9.88 Å². The Morgan fingerprint density at radius 2 is 1.66 bits per heavy atom. The number of hydrogen-bond acceptors (Lipinski definition) is 7. The Bertz CT molecular complexity index is 886. The Balaban J connectivity index is 1.21. The van der Waals surface area contributed by atoms with E-state index < -0.39 is 5.79 Å². The lowest BCUT2D eigenvalue weighted by Gasteiger charge is -2.37. The Morgan fingerprint density at radius 3 is 2.38 bits per heavy atom. The number of anilines is 2. The van der Waals surface area contributed by atoms with E-state index in [-0.39, 0.29) is 5.91 Å². The number of rotatable bonds is 3. The van der Waals surface area contributed by atoms with Gasteiger partial charge in [-0.1, -0.05) is 0 Å². The minimum atomic E-state index is -0.485. The van der Waals surface area contributed by atoms with Gasteiger partial charge >= 0.3 is 0 Å². The summed E-state index contributed by atoms with van der Waals surface area (Å²) in [5.41, 5.74) is 2.10. The summed E-state index contributed by atoms with van der Waals surface area (Å²) in [5.74, 6) is 0.919. The minimum absolute atomic E-state index is 0.0660. The van der Waals surface area contributed by atoms with Gasteiger partial charge in [-0.15, -0.1) is 0 Å². The highest BCUT2D eigenvalue weighted by molar-refractivity contribution is 5.92. The van der Waals surface area contributed by atoms with E-state index in [1.807, 2.05) is 29.2 Å². The largest absolute Gasteiger partial charge is 0.486 e. The number of hydrogen-bond donors (Lipinski definition) is 1. The molecule has 29 heavy (non-hydrogen) atoms. The van der Waals surface area contributed by atoms with Crippen molar-refractivity contribution in [3.63, 3.8) is 0 Å². The van der Waals surface area contributed by atoms with E-state index in [0.29, 0.717) is 58.1 Å². The first-order valence-corrected chi connectivity index (χ1v) is 9.91. The van der Waals surface area contributed by atoms with Crippen molar-refractivity contribution >= 4 is 17.3 Å². The smallest absolute Gasteiger partial charge is 0.272 e. The number of nitrogens with one attached hydrogen (secondary N) is 1. The number of likely N-dealkylation sites (tertiary alicyclic amines) is 1. The monoisotopic (exact) mass is 397 g/mol. The van der Waals surface area contributed by atoms with Crippen molar-refractivity contribution in [2.75, 3.05) is 44.8 Å². The first-order chi connectivity index (χ1) is 14.2. The number of carbonyl (C=O) groups excluding carboxylic acids is 1. The van der Waals surface area contributed by atoms with Crippen molar-refractivity contribution in [2.45, 2.75) is 18.6 Å². The number of benzene rings is 1. The predicted octanol–water partition coefficient (Wildman–Crippen LogP) is 2.58. The standard InChI is InChI=1S/C21H23N3O5/c25-20(24-7-5-21(6-8-24)28-11-12-29-21)17-3-1-16(14-22-17)23-15-2-4-18-19(13-15)27-10-9-26-18/h1-4,13-14,23H,5-12H2. The van der Waals surface area contributed by atoms with Gasteiger partial charge in [0.05, 0.1) is 25.1 Å². The van der Waals surface area contributed by atoms with Crippen molar-refractivity contribution in [1.29, 1.82) is 0 Å². The van der Waals surface area contributed by atoms with Gasteiger partial charge in [-0.05, 0) is 24.3 Å². The van der Waals surface area contributed by atoms with E-state index in [4.69, 9.17) is 18.9 Å². The molecule has 0 unspecified atom stereocenters. The summed E-state index contributed by atoms with van der Waals surface area (Å²) in [6.45, 7) is 3.60. The van der Waals surface area contributed by atoms with Crippen LogP contribution >= 0.6 is 0 Å². The third kappa shape index (κ3) is 3.73. The molecule has 8 nitrogen and oxygen atoms in total. The molecule has 0 aliphatic carbocycles. The average molecular weight is 397 g/mol. The highest BCUT2D eigenvalue weighted by Gasteiger charge is 2.41. The number of piperidine rings is 1. The topological polar surface area (TPSA) is 82.2 Å². The van der Waals surface area contributed by atoms with Crippen molar-refractivity contribution in [3.8, 4) is 11.5 Å². The lowest BCUT2D eigenvalue weighted by molar-refractivity contribution is -0.181. The molecule has 1 aromatic carbocycles. The number of amides is 1. The van der Waals surface area contributed by atoms with Crippen LogP contribution in [0.3, 0.4) is 0 Å². The first-order valence-electron chi connectivity index (χ1n) is 9.91. The summed E-state index contributed by atoms with van der Waals surface area (Å²) in [5, 5.41) is 3.28. The summed E-state index contributed by atoms with van der Waals surface area (Å²) >= 11 is 0. The normalized spacial score (nSPS) is 19.9. The van der Waals surface area contributed by atoms with Crippen LogP contribution in [-0.2, 0) is 9.47 Å². The van der Waals surface area contributed by atoms with E-state index in [1.165, 1.54) is 0 Å². The van der Waals surface area contributed by atoms with Crippen LogP contribution in [-0.4, -0.2) is 61.1 Å². The third-order valence-corrected chi connectivity index (χ3v) is 5.44. The van der Waals surface area contributed by atoms with Gasteiger partial charge in [0.1, 0.15) is 18.9 Å². The molecule has 5 rings (SSSR count). The molecule has 1 aromatic heterocycles. The fourth-order valence-corrected chi connectivity index (χ4v) is 3.88. The molecule has 1 spiro atoms. The second-order valence-electron chi connectivity index (χ2n) is 7.32. The van der Waals surface area contributed by atoms with Crippen LogP contribution in [0.2, 0.25) is 0 Å². The van der Waals surface area contributed by atoms with Gasteiger partial charge in [-0.2, -0.15) is 0 Å². The maximum atomic E-state index is 12.8. The average Bonchev–Trinajstić information content (AvgIpc) is 3.22. The summed E-state index contributed by atoms with van der Waals surface area (Å²) in [6.07, 6.45) is 3.06. The molecule has 0 bridgehead atoms. The molecule has 2 aromatic rings. The molecule has 3 aliphatic rings. The van der Waals surface area contributed by atoms with E-state index in [9.17, 15) is 4.79 Å². The Hall–Kier alpha value is -2.84. The lowest BCUT2D eigenvalue weighted by atomic mass is 10.0. The molecular formula is C21H23N3O5. The van der Waals surface area contributed by atoms with Crippen LogP contribution in [0.15, 0.2) is 36.5 Å². The van der Waals surface area contributed by atoms with Crippen LogP contribution in [0, 0.1) is 0 Å². The third-order valence-electron chi connectivity index (χ3n) is 5.44. The zero-order valence-electron chi connectivity index (χ0n) is 16.1. The van der Waals surface area contributed by atoms with Gasteiger partial charge in [0.25, 0.3) is 5.91 Å². The van der Waals surface area contributed by atoms with E-state index in [0.717, 1.165) is 22.9 Å². The van der Waals surface area contributed by atoms with E-state index >= 15 is 0 Å². The molecule has 2 fully saturated rings. The zero-order chi connectivity index (χ0) is 19.7. The van der Waals surface area contributed by atoms with Gasteiger partial charge < -0.3 is 29.2 Å². The van der Waals surface area contributed by atoms with Crippen LogP contribution < -0.4 is 14.8 Å². The van der Waals surface area contributed by atoms with Gasteiger partial charge in [-0.25, -0.2) is 4.98 Å². The van der Waals surface area contributed by atoms with Gasteiger partial charge in [0.15, 0.2) is 17.3 Å². The Kier molecular flexibility index (Phi) is 4.73. The molecule has 0 radical (unpaired) electrons. The van der Waals surface area contributed by atoms with Crippen molar-refractivity contribution in [2.24, 2.45) is 0 Å². The molecule has 0 atom stereocenters.